The molecule has 0 radical (unpaired) electrons. The molecular formula is C23H16ClN3O4. The summed E-state index contributed by atoms with van der Waals surface area (Å²) in [5.74, 6) is -0.749. The lowest BCUT2D eigenvalue weighted by Gasteiger charge is -2.12. The van der Waals surface area contributed by atoms with Crippen molar-refractivity contribution >= 4 is 46.9 Å². The van der Waals surface area contributed by atoms with Gasteiger partial charge in [0.05, 0.1) is 5.69 Å². The maximum atomic E-state index is 12.7. The minimum atomic E-state index is -0.589. The normalized spacial score (nSPS) is 14.6. The van der Waals surface area contributed by atoms with E-state index in [1.165, 1.54) is 42.5 Å². The number of anilines is 2. The van der Waals surface area contributed by atoms with Crippen molar-refractivity contribution in [2.24, 2.45) is 0 Å². The summed E-state index contributed by atoms with van der Waals surface area (Å²) in [6.07, 6.45) is 1.52. The van der Waals surface area contributed by atoms with Crippen LogP contribution in [0.5, 0.6) is 5.75 Å². The number of urea groups is 1. The van der Waals surface area contributed by atoms with Gasteiger partial charge < -0.3 is 15.7 Å². The van der Waals surface area contributed by atoms with Crippen molar-refractivity contribution < 1.29 is 19.5 Å². The minimum Gasteiger partial charge on any atom is -0.508 e. The van der Waals surface area contributed by atoms with E-state index in [4.69, 9.17) is 11.6 Å². The molecule has 4 amide bonds. The van der Waals surface area contributed by atoms with Crippen molar-refractivity contribution in [3.63, 3.8) is 0 Å². The number of carbonyl (C=O) groups is 3. The van der Waals surface area contributed by atoms with Gasteiger partial charge in [0, 0.05) is 16.3 Å². The highest BCUT2D eigenvalue weighted by Gasteiger charge is 2.34. The van der Waals surface area contributed by atoms with Crippen molar-refractivity contribution in [2.75, 3.05) is 10.2 Å². The Hall–Kier alpha value is -4.10. The number of nitrogens with one attached hydrogen (secondary N) is 2. The summed E-state index contributed by atoms with van der Waals surface area (Å²) in [4.78, 5) is 38.5. The molecular weight excluding hydrogens is 418 g/mol. The van der Waals surface area contributed by atoms with Gasteiger partial charge in [-0.2, -0.15) is 0 Å². The number of rotatable bonds is 4. The molecule has 0 atom stereocenters. The number of imide groups is 1. The molecule has 31 heavy (non-hydrogen) atoms. The Bertz CT molecular complexity index is 1190. The average molecular weight is 434 g/mol. The van der Waals surface area contributed by atoms with Gasteiger partial charge in [0.25, 0.3) is 11.8 Å². The molecule has 8 heteroatoms. The molecule has 1 fully saturated rings. The van der Waals surface area contributed by atoms with E-state index >= 15 is 0 Å². The van der Waals surface area contributed by atoms with Crippen molar-refractivity contribution in [1.29, 1.82) is 0 Å². The highest BCUT2D eigenvalue weighted by molar-refractivity contribution is 6.30. The minimum absolute atomic E-state index is 0.103. The Morgan fingerprint density at radius 2 is 1.58 bits per heavy atom. The number of phenols is 1. The number of aromatic hydroxyl groups is 1. The number of nitrogens with zero attached hydrogens (tertiary/aromatic N) is 1. The van der Waals surface area contributed by atoms with Crippen LogP contribution in [-0.4, -0.2) is 23.0 Å². The summed E-state index contributed by atoms with van der Waals surface area (Å²) >= 11 is 5.84. The molecule has 0 saturated carbocycles. The molecule has 3 aromatic carbocycles. The molecule has 0 bridgehead atoms. The lowest BCUT2D eigenvalue weighted by molar-refractivity contribution is -0.113. The second kappa shape index (κ2) is 8.33. The van der Waals surface area contributed by atoms with Crippen molar-refractivity contribution in [2.45, 2.75) is 0 Å². The molecule has 0 spiro atoms. The highest BCUT2D eigenvalue weighted by atomic mass is 35.5. The predicted molar refractivity (Wildman–Crippen MR) is 118 cm³/mol. The van der Waals surface area contributed by atoms with Crippen molar-refractivity contribution in [1.82, 2.24) is 5.32 Å². The van der Waals surface area contributed by atoms with Gasteiger partial charge in [-0.1, -0.05) is 23.7 Å². The maximum absolute atomic E-state index is 12.7. The first-order valence-corrected chi connectivity index (χ1v) is 9.62. The van der Waals surface area contributed by atoms with E-state index in [1.807, 2.05) is 0 Å². The first-order valence-electron chi connectivity index (χ1n) is 9.24. The van der Waals surface area contributed by atoms with Crippen LogP contribution in [0.15, 0.2) is 78.5 Å². The van der Waals surface area contributed by atoms with Crippen LogP contribution in [0.25, 0.3) is 6.08 Å². The Morgan fingerprint density at radius 1 is 0.935 bits per heavy atom. The highest BCUT2D eigenvalue weighted by Crippen LogP contribution is 2.24. The van der Waals surface area contributed by atoms with E-state index in [9.17, 15) is 19.5 Å². The number of phenolic OH excluding ortho intramolecular Hbond substituents is 1. The van der Waals surface area contributed by atoms with Crippen LogP contribution in [0.4, 0.5) is 16.2 Å². The molecule has 1 heterocycles. The third-order valence-corrected chi connectivity index (χ3v) is 4.82. The lowest BCUT2D eigenvalue weighted by Crippen LogP contribution is -2.30. The van der Waals surface area contributed by atoms with Crippen LogP contribution >= 0.6 is 11.6 Å². The van der Waals surface area contributed by atoms with Gasteiger partial charge in [-0.15, -0.1) is 0 Å². The summed E-state index contributed by atoms with van der Waals surface area (Å²) in [6, 6.07) is 18.4. The van der Waals surface area contributed by atoms with Gasteiger partial charge in [-0.05, 0) is 72.3 Å². The zero-order chi connectivity index (χ0) is 22.0. The average Bonchev–Trinajstić information content (AvgIpc) is 3.04. The number of carbonyl (C=O) groups excluding carboxylic acids is 3. The van der Waals surface area contributed by atoms with E-state index in [0.29, 0.717) is 27.5 Å². The van der Waals surface area contributed by atoms with Gasteiger partial charge in [0.2, 0.25) is 0 Å². The Balaban J connectivity index is 1.50. The zero-order valence-corrected chi connectivity index (χ0v) is 16.8. The molecule has 154 valence electrons. The van der Waals surface area contributed by atoms with Gasteiger partial charge >= 0.3 is 6.03 Å². The summed E-state index contributed by atoms with van der Waals surface area (Å²) < 4.78 is 0. The fraction of sp³-hybridized carbons (Fsp3) is 0. The lowest BCUT2D eigenvalue weighted by atomic mass is 10.1. The first kappa shape index (κ1) is 20.2. The smallest absolute Gasteiger partial charge is 0.333 e. The molecule has 0 aliphatic carbocycles. The van der Waals surface area contributed by atoms with Gasteiger partial charge in [0.15, 0.2) is 0 Å². The van der Waals surface area contributed by atoms with E-state index in [2.05, 4.69) is 10.6 Å². The molecule has 0 unspecified atom stereocenters. The Morgan fingerprint density at radius 3 is 2.23 bits per heavy atom. The van der Waals surface area contributed by atoms with Gasteiger partial charge in [0.1, 0.15) is 11.4 Å². The summed E-state index contributed by atoms with van der Waals surface area (Å²) in [6.45, 7) is 0. The van der Waals surface area contributed by atoms with Crippen LogP contribution in [0, 0.1) is 0 Å². The number of hydrogen-bond acceptors (Lipinski definition) is 4. The SMILES string of the molecule is O=C(Nc1ccc(Cl)cc1)c1ccc(N2C(=O)N/C(=C\c3ccc(O)cc3)C2=O)cc1. The first-order chi connectivity index (χ1) is 14.9. The van der Waals surface area contributed by atoms with Crippen molar-refractivity contribution in [3.05, 3.63) is 94.6 Å². The molecule has 3 aromatic rings. The molecule has 0 aromatic heterocycles. The topological polar surface area (TPSA) is 98.7 Å². The van der Waals surface area contributed by atoms with Gasteiger partial charge in [-0.3, -0.25) is 9.59 Å². The Labute approximate surface area is 182 Å². The summed E-state index contributed by atoms with van der Waals surface area (Å²) in [5, 5.41) is 15.2. The number of benzene rings is 3. The number of amides is 4. The molecule has 7 nitrogen and oxygen atoms in total. The van der Waals surface area contributed by atoms with Crippen molar-refractivity contribution in [3.8, 4) is 5.75 Å². The largest absolute Gasteiger partial charge is 0.508 e. The monoisotopic (exact) mass is 433 g/mol. The fourth-order valence-corrected chi connectivity index (χ4v) is 3.13. The molecule has 3 N–H and O–H groups in total. The predicted octanol–water partition coefficient (Wildman–Crippen LogP) is 4.40. The standard InChI is InChI=1S/C23H16ClN3O4/c24-16-5-7-17(8-6-16)25-21(29)15-3-9-18(10-4-15)27-22(30)20(26-23(27)31)13-14-1-11-19(28)12-2-14/h1-13,28H,(H,25,29)(H,26,31)/b20-13-. The Kier molecular flexibility index (Phi) is 5.43. The second-order valence-corrected chi connectivity index (χ2v) is 7.16. The van der Waals surface area contributed by atoms with Crippen LogP contribution in [0.1, 0.15) is 15.9 Å². The van der Waals surface area contributed by atoms with Crippen LogP contribution < -0.4 is 15.5 Å². The quantitative estimate of drug-likeness (QED) is 0.419. The van der Waals surface area contributed by atoms with Crippen LogP contribution in [0.2, 0.25) is 5.02 Å². The van der Waals surface area contributed by atoms with E-state index in [-0.39, 0.29) is 17.4 Å². The molecule has 1 saturated heterocycles. The van der Waals surface area contributed by atoms with Crippen LogP contribution in [-0.2, 0) is 4.79 Å². The molecule has 4 rings (SSSR count). The van der Waals surface area contributed by atoms with E-state index < -0.39 is 11.9 Å². The fourth-order valence-electron chi connectivity index (χ4n) is 3.01. The molecule has 1 aliphatic heterocycles. The summed E-state index contributed by atoms with van der Waals surface area (Å²) in [7, 11) is 0. The zero-order valence-electron chi connectivity index (χ0n) is 16.0. The number of hydrogen-bond donors (Lipinski definition) is 3. The maximum Gasteiger partial charge on any atom is 0.333 e. The second-order valence-electron chi connectivity index (χ2n) is 6.73. The summed E-state index contributed by atoms with van der Waals surface area (Å²) in [5.41, 5.74) is 2.06. The van der Waals surface area contributed by atoms with Crippen LogP contribution in [0.3, 0.4) is 0 Å². The number of halogens is 1. The van der Waals surface area contributed by atoms with Gasteiger partial charge in [-0.25, -0.2) is 9.69 Å². The third-order valence-electron chi connectivity index (χ3n) is 4.57. The van der Waals surface area contributed by atoms with E-state index in [1.54, 1.807) is 36.4 Å². The van der Waals surface area contributed by atoms with E-state index in [0.717, 1.165) is 4.90 Å². The third kappa shape index (κ3) is 4.41. The molecule has 1 aliphatic rings.